The SMILES string of the molecule is CCCCCCn1nnc(CC(N)=O)c1C1CCOCC1. The van der Waals surface area contributed by atoms with Crippen molar-refractivity contribution in [1.82, 2.24) is 15.0 Å². The molecular formula is C15H26N4O2. The molecule has 21 heavy (non-hydrogen) atoms. The number of nitrogens with two attached hydrogens (primary N) is 1. The van der Waals surface area contributed by atoms with E-state index in [0.717, 1.165) is 50.4 Å². The summed E-state index contributed by atoms with van der Waals surface area (Å²) in [6.45, 7) is 4.61. The van der Waals surface area contributed by atoms with Crippen LogP contribution in [0.3, 0.4) is 0 Å². The van der Waals surface area contributed by atoms with Crippen LogP contribution in [0.1, 0.15) is 62.8 Å². The van der Waals surface area contributed by atoms with Gasteiger partial charge in [0.1, 0.15) is 0 Å². The number of unbranched alkanes of at least 4 members (excludes halogenated alkanes) is 3. The standard InChI is InChI=1S/C15H26N4O2/c1-2-3-4-5-8-19-15(12-6-9-21-10-7-12)13(17-18-19)11-14(16)20/h12H,2-11H2,1H3,(H2,16,20). The van der Waals surface area contributed by atoms with E-state index in [1.54, 1.807) is 0 Å². The maximum Gasteiger partial charge on any atom is 0.223 e. The van der Waals surface area contributed by atoms with E-state index < -0.39 is 0 Å². The van der Waals surface area contributed by atoms with Crippen molar-refractivity contribution in [1.29, 1.82) is 0 Å². The van der Waals surface area contributed by atoms with E-state index in [9.17, 15) is 4.79 Å². The molecular weight excluding hydrogens is 268 g/mol. The van der Waals surface area contributed by atoms with Crippen molar-refractivity contribution in [3.63, 3.8) is 0 Å². The van der Waals surface area contributed by atoms with E-state index in [0.29, 0.717) is 5.92 Å². The highest BCUT2D eigenvalue weighted by molar-refractivity contribution is 5.76. The molecule has 0 bridgehead atoms. The first kappa shape index (κ1) is 15.9. The lowest BCUT2D eigenvalue weighted by Crippen LogP contribution is -2.21. The van der Waals surface area contributed by atoms with Gasteiger partial charge in [-0.25, -0.2) is 4.68 Å². The van der Waals surface area contributed by atoms with Gasteiger partial charge >= 0.3 is 0 Å². The van der Waals surface area contributed by atoms with Gasteiger partial charge in [-0.2, -0.15) is 0 Å². The van der Waals surface area contributed by atoms with Gasteiger partial charge in [-0.05, 0) is 19.3 Å². The number of nitrogens with zero attached hydrogens (tertiary/aromatic N) is 3. The predicted molar refractivity (Wildman–Crippen MR) is 79.9 cm³/mol. The Morgan fingerprint density at radius 2 is 2.10 bits per heavy atom. The predicted octanol–water partition coefficient (Wildman–Crippen LogP) is 1.78. The Hall–Kier alpha value is -1.43. The number of aryl methyl sites for hydroxylation is 1. The summed E-state index contributed by atoms with van der Waals surface area (Å²) in [7, 11) is 0. The molecule has 1 saturated heterocycles. The lowest BCUT2D eigenvalue weighted by molar-refractivity contribution is -0.117. The molecule has 2 rings (SSSR count). The Labute approximate surface area is 126 Å². The summed E-state index contributed by atoms with van der Waals surface area (Å²) in [5, 5.41) is 8.46. The van der Waals surface area contributed by atoms with E-state index in [4.69, 9.17) is 10.5 Å². The van der Waals surface area contributed by atoms with Crippen LogP contribution in [0.5, 0.6) is 0 Å². The lowest BCUT2D eigenvalue weighted by atomic mass is 9.94. The van der Waals surface area contributed by atoms with E-state index in [1.807, 2.05) is 4.68 Å². The molecule has 2 heterocycles. The Morgan fingerprint density at radius 3 is 2.76 bits per heavy atom. The van der Waals surface area contributed by atoms with Gasteiger partial charge in [0.2, 0.25) is 5.91 Å². The molecule has 1 aromatic rings. The van der Waals surface area contributed by atoms with Gasteiger partial charge in [-0.3, -0.25) is 4.79 Å². The summed E-state index contributed by atoms with van der Waals surface area (Å²) < 4.78 is 7.42. The summed E-state index contributed by atoms with van der Waals surface area (Å²) in [6, 6.07) is 0. The summed E-state index contributed by atoms with van der Waals surface area (Å²) in [5.74, 6) is 0.0376. The van der Waals surface area contributed by atoms with Gasteiger partial charge < -0.3 is 10.5 Å². The molecule has 6 nitrogen and oxygen atoms in total. The minimum Gasteiger partial charge on any atom is -0.381 e. The third-order valence-corrected chi connectivity index (χ3v) is 4.02. The molecule has 1 aromatic heterocycles. The van der Waals surface area contributed by atoms with Gasteiger partial charge in [-0.1, -0.05) is 31.4 Å². The lowest BCUT2D eigenvalue weighted by Gasteiger charge is -2.23. The fourth-order valence-corrected chi connectivity index (χ4v) is 2.92. The van der Waals surface area contributed by atoms with Crippen LogP contribution < -0.4 is 5.73 Å². The van der Waals surface area contributed by atoms with Crippen LogP contribution >= 0.6 is 0 Å². The van der Waals surface area contributed by atoms with Gasteiger partial charge in [0, 0.05) is 25.7 Å². The van der Waals surface area contributed by atoms with Crippen LogP contribution in [0.25, 0.3) is 0 Å². The normalized spacial score (nSPS) is 16.2. The topological polar surface area (TPSA) is 83.0 Å². The van der Waals surface area contributed by atoms with Crippen molar-refractivity contribution in [2.45, 2.75) is 64.3 Å². The van der Waals surface area contributed by atoms with E-state index in [2.05, 4.69) is 17.2 Å². The molecule has 0 saturated carbocycles. The quantitative estimate of drug-likeness (QED) is 0.741. The number of primary amides is 1. The molecule has 0 spiro atoms. The number of carbonyl (C=O) groups is 1. The van der Waals surface area contributed by atoms with Crippen molar-refractivity contribution in [2.75, 3.05) is 13.2 Å². The molecule has 1 amide bonds. The highest BCUT2D eigenvalue weighted by Crippen LogP contribution is 2.29. The van der Waals surface area contributed by atoms with Gasteiger partial charge in [0.15, 0.2) is 0 Å². The third-order valence-electron chi connectivity index (χ3n) is 4.02. The molecule has 1 aliphatic heterocycles. The van der Waals surface area contributed by atoms with Crippen molar-refractivity contribution < 1.29 is 9.53 Å². The van der Waals surface area contributed by atoms with E-state index in [1.165, 1.54) is 19.3 Å². The fourth-order valence-electron chi connectivity index (χ4n) is 2.92. The third kappa shape index (κ3) is 4.52. The van der Waals surface area contributed by atoms with E-state index in [-0.39, 0.29) is 12.3 Å². The second-order valence-electron chi connectivity index (χ2n) is 5.73. The molecule has 2 N–H and O–H groups in total. The maximum atomic E-state index is 11.2. The smallest absolute Gasteiger partial charge is 0.223 e. The molecule has 0 aliphatic carbocycles. The highest BCUT2D eigenvalue weighted by Gasteiger charge is 2.25. The number of amides is 1. The van der Waals surface area contributed by atoms with Gasteiger partial charge in [0.25, 0.3) is 0 Å². The molecule has 6 heteroatoms. The highest BCUT2D eigenvalue weighted by atomic mass is 16.5. The average molecular weight is 294 g/mol. The van der Waals surface area contributed by atoms with Crippen molar-refractivity contribution >= 4 is 5.91 Å². The number of ether oxygens (including phenoxy) is 1. The second kappa shape index (κ2) is 8.12. The van der Waals surface area contributed by atoms with Crippen LogP contribution in [0.2, 0.25) is 0 Å². The van der Waals surface area contributed by atoms with Crippen LogP contribution in [-0.2, 0) is 22.5 Å². The average Bonchev–Trinajstić information content (AvgIpc) is 2.86. The van der Waals surface area contributed by atoms with Crippen LogP contribution in [-0.4, -0.2) is 34.1 Å². The van der Waals surface area contributed by atoms with Gasteiger partial charge in [-0.15, -0.1) is 5.10 Å². The van der Waals surface area contributed by atoms with Crippen molar-refractivity contribution in [3.05, 3.63) is 11.4 Å². The molecule has 118 valence electrons. The zero-order chi connectivity index (χ0) is 15.1. The molecule has 0 radical (unpaired) electrons. The first-order valence-electron chi connectivity index (χ1n) is 8.00. The van der Waals surface area contributed by atoms with E-state index >= 15 is 0 Å². The summed E-state index contributed by atoms with van der Waals surface area (Å²) in [5.41, 5.74) is 7.19. The Balaban J connectivity index is 2.10. The Bertz CT molecular complexity index is 453. The molecule has 0 aromatic carbocycles. The molecule has 1 aliphatic rings. The molecule has 0 atom stereocenters. The fraction of sp³-hybridized carbons (Fsp3) is 0.800. The number of hydrogen-bond donors (Lipinski definition) is 1. The summed E-state index contributed by atoms with van der Waals surface area (Å²) in [4.78, 5) is 11.2. The minimum absolute atomic E-state index is 0.182. The number of carbonyl (C=O) groups excluding carboxylic acids is 1. The number of hydrogen-bond acceptors (Lipinski definition) is 4. The Morgan fingerprint density at radius 1 is 1.33 bits per heavy atom. The zero-order valence-corrected chi connectivity index (χ0v) is 12.9. The molecule has 1 fully saturated rings. The van der Waals surface area contributed by atoms with Crippen molar-refractivity contribution in [2.24, 2.45) is 5.73 Å². The molecule has 0 unspecified atom stereocenters. The maximum absolute atomic E-state index is 11.2. The number of aromatic nitrogens is 3. The monoisotopic (exact) mass is 294 g/mol. The second-order valence-corrected chi connectivity index (χ2v) is 5.73. The summed E-state index contributed by atoms with van der Waals surface area (Å²) in [6.07, 6.45) is 6.88. The first-order valence-corrected chi connectivity index (χ1v) is 8.00. The van der Waals surface area contributed by atoms with Crippen LogP contribution in [0, 0.1) is 0 Å². The minimum atomic E-state index is -0.346. The number of rotatable bonds is 8. The van der Waals surface area contributed by atoms with Crippen LogP contribution in [0.15, 0.2) is 0 Å². The largest absolute Gasteiger partial charge is 0.381 e. The van der Waals surface area contributed by atoms with Crippen LogP contribution in [0.4, 0.5) is 0 Å². The van der Waals surface area contributed by atoms with Crippen molar-refractivity contribution in [3.8, 4) is 0 Å². The first-order chi connectivity index (χ1) is 10.2. The zero-order valence-electron chi connectivity index (χ0n) is 12.9. The Kier molecular flexibility index (Phi) is 6.17. The summed E-state index contributed by atoms with van der Waals surface area (Å²) >= 11 is 0. The van der Waals surface area contributed by atoms with Gasteiger partial charge in [0.05, 0.1) is 17.8 Å².